The predicted molar refractivity (Wildman–Crippen MR) is 118 cm³/mol. The normalized spacial score (nSPS) is 12.6. The van der Waals surface area contributed by atoms with Gasteiger partial charge in [0.2, 0.25) is 5.91 Å². The maximum Gasteiger partial charge on any atom is 0.257 e. The minimum atomic E-state index is -0.375. The summed E-state index contributed by atoms with van der Waals surface area (Å²) in [5.41, 5.74) is 2.34. The second-order valence-corrected chi connectivity index (χ2v) is 6.93. The summed E-state index contributed by atoms with van der Waals surface area (Å²) in [6.45, 7) is 0.546. The molecule has 2 N–H and O–H groups in total. The number of aromatic nitrogens is 1. The molecule has 0 aliphatic carbocycles. The topological polar surface area (TPSA) is 92.8 Å². The van der Waals surface area contributed by atoms with Gasteiger partial charge in [-0.1, -0.05) is 30.3 Å². The molecular weight excluding hydrogens is 396 g/mol. The first-order chi connectivity index (χ1) is 15.1. The van der Waals surface area contributed by atoms with Gasteiger partial charge in [0.15, 0.2) is 5.82 Å². The van der Waals surface area contributed by atoms with Crippen LogP contribution in [0.25, 0.3) is 0 Å². The molecule has 158 valence electrons. The van der Waals surface area contributed by atoms with E-state index in [1.54, 1.807) is 36.3 Å². The van der Waals surface area contributed by atoms with E-state index in [1.165, 1.54) is 13.3 Å². The van der Waals surface area contributed by atoms with Crippen LogP contribution >= 0.6 is 0 Å². The lowest BCUT2D eigenvalue weighted by molar-refractivity contribution is -0.117. The number of hydrogen-bond donors (Lipinski definition) is 2. The Bertz CT molecular complexity index is 1120. The van der Waals surface area contributed by atoms with Gasteiger partial charge in [0.1, 0.15) is 11.5 Å². The van der Waals surface area contributed by atoms with E-state index in [9.17, 15) is 9.59 Å². The first kappa shape index (κ1) is 20.2. The molecule has 2 amide bonds. The summed E-state index contributed by atoms with van der Waals surface area (Å²) >= 11 is 0. The molecule has 8 nitrogen and oxygen atoms in total. The lowest BCUT2D eigenvalue weighted by Crippen LogP contribution is -2.40. The zero-order valence-electron chi connectivity index (χ0n) is 17.2. The van der Waals surface area contributed by atoms with Crippen molar-refractivity contribution in [2.75, 3.05) is 36.3 Å². The Balaban J connectivity index is 1.62. The number of methoxy groups -OCH3 is 2. The van der Waals surface area contributed by atoms with E-state index in [0.717, 1.165) is 5.56 Å². The van der Waals surface area contributed by atoms with Gasteiger partial charge in [-0.3, -0.25) is 9.59 Å². The summed E-state index contributed by atoms with van der Waals surface area (Å²) in [5, 5.41) is 5.83. The van der Waals surface area contributed by atoms with Crippen LogP contribution in [0.4, 0.5) is 17.2 Å². The van der Waals surface area contributed by atoms with Crippen molar-refractivity contribution < 1.29 is 19.1 Å². The molecule has 4 rings (SSSR count). The van der Waals surface area contributed by atoms with E-state index in [4.69, 9.17) is 9.47 Å². The molecule has 1 aliphatic rings. The number of hydrogen-bond acceptors (Lipinski definition) is 6. The summed E-state index contributed by atoms with van der Waals surface area (Å²) < 4.78 is 10.5. The zero-order chi connectivity index (χ0) is 21.8. The molecule has 0 saturated carbocycles. The van der Waals surface area contributed by atoms with Crippen molar-refractivity contribution in [3.63, 3.8) is 0 Å². The summed E-state index contributed by atoms with van der Waals surface area (Å²) in [4.78, 5) is 31.5. The Labute approximate surface area is 179 Å². The van der Waals surface area contributed by atoms with Gasteiger partial charge in [-0.15, -0.1) is 0 Å². The average molecular weight is 418 g/mol. The molecule has 1 aliphatic heterocycles. The third-order valence-corrected chi connectivity index (χ3v) is 4.97. The molecule has 0 bridgehead atoms. The van der Waals surface area contributed by atoms with Crippen LogP contribution in [0.5, 0.6) is 11.5 Å². The summed E-state index contributed by atoms with van der Waals surface area (Å²) in [7, 11) is 3.07. The molecule has 0 spiro atoms. The van der Waals surface area contributed by atoms with Crippen LogP contribution in [0.3, 0.4) is 0 Å². The van der Waals surface area contributed by atoms with Crippen LogP contribution in [0.2, 0.25) is 0 Å². The molecule has 31 heavy (non-hydrogen) atoms. The van der Waals surface area contributed by atoms with Gasteiger partial charge in [0.05, 0.1) is 44.2 Å². The molecule has 0 saturated heterocycles. The summed E-state index contributed by atoms with van der Waals surface area (Å²) in [6, 6.07) is 16.5. The summed E-state index contributed by atoms with van der Waals surface area (Å²) in [6.07, 6.45) is 1.48. The number of benzene rings is 2. The molecule has 0 fully saturated rings. The van der Waals surface area contributed by atoms with E-state index < -0.39 is 0 Å². The summed E-state index contributed by atoms with van der Waals surface area (Å²) in [5.74, 6) is 1.18. The number of ether oxygens (including phenoxy) is 2. The number of pyridine rings is 1. The smallest absolute Gasteiger partial charge is 0.257 e. The number of nitrogens with zero attached hydrogens (tertiary/aromatic N) is 2. The van der Waals surface area contributed by atoms with Gasteiger partial charge >= 0.3 is 0 Å². The number of nitrogens with one attached hydrogen (secondary N) is 2. The third kappa shape index (κ3) is 4.28. The average Bonchev–Trinajstić information content (AvgIpc) is 2.81. The lowest BCUT2D eigenvalue weighted by Gasteiger charge is -2.29. The SMILES string of the molecule is COc1ccc(OC)c(NC(=O)c2cnc3c(c2)N(Cc2ccccc2)C(=O)CN3)c1. The maximum atomic E-state index is 12.9. The monoisotopic (exact) mass is 418 g/mol. The van der Waals surface area contributed by atoms with E-state index in [-0.39, 0.29) is 18.4 Å². The quantitative estimate of drug-likeness (QED) is 0.638. The molecular formula is C23H22N4O4. The second kappa shape index (κ2) is 8.74. The Morgan fingerprint density at radius 2 is 1.94 bits per heavy atom. The highest BCUT2D eigenvalue weighted by molar-refractivity contribution is 6.08. The minimum Gasteiger partial charge on any atom is -0.497 e. The van der Waals surface area contributed by atoms with Crippen molar-refractivity contribution in [3.05, 3.63) is 71.9 Å². The number of carbonyl (C=O) groups is 2. The fraction of sp³-hybridized carbons (Fsp3) is 0.174. The standard InChI is InChI=1S/C23H22N4O4/c1-30-17-8-9-20(31-2)18(11-17)26-23(29)16-10-19-22(24-12-16)25-13-21(28)27(19)14-15-6-4-3-5-7-15/h3-12H,13-14H2,1-2H3,(H,24,25)(H,26,29). The molecule has 0 unspecified atom stereocenters. The molecule has 3 aromatic rings. The van der Waals surface area contributed by atoms with Gasteiger partial charge in [0, 0.05) is 12.3 Å². The first-order valence-electron chi connectivity index (χ1n) is 9.70. The number of rotatable bonds is 6. The molecule has 2 aromatic carbocycles. The van der Waals surface area contributed by atoms with Crippen LogP contribution in [-0.2, 0) is 11.3 Å². The predicted octanol–water partition coefficient (Wildman–Crippen LogP) is 3.31. The van der Waals surface area contributed by atoms with Crippen molar-refractivity contribution in [3.8, 4) is 11.5 Å². The molecule has 0 atom stereocenters. The van der Waals surface area contributed by atoms with E-state index in [0.29, 0.717) is 40.8 Å². The highest BCUT2D eigenvalue weighted by Gasteiger charge is 2.26. The Morgan fingerprint density at radius 3 is 2.68 bits per heavy atom. The van der Waals surface area contributed by atoms with E-state index in [2.05, 4.69) is 15.6 Å². The third-order valence-electron chi connectivity index (χ3n) is 4.97. The van der Waals surface area contributed by atoms with Crippen LogP contribution in [0.1, 0.15) is 15.9 Å². The van der Waals surface area contributed by atoms with Crippen molar-refractivity contribution in [1.82, 2.24) is 4.98 Å². The number of fused-ring (bicyclic) bond motifs is 1. The number of amides is 2. The van der Waals surface area contributed by atoms with Crippen molar-refractivity contribution in [2.45, 2.75) is 6.54 Å². The lowest BCUT2D eigenvalue weighted by atomic mass is 10.1. The van der Waals surface area contributed by atoms with Crippen LogP contribution in [0, 0.1) is 0 Å². The molecule has 2 heterocycles. The zero-order valence-corrected chi connectivity index (χ0v) is 17.2. The highest BCUT2D eigenvalue weighted by atomic mass is 16.5. The molecule has 1 aromatic heterocycles. The van der Waals surface area contributed by atoms with E-state index in [1.807, 2.05) is 30.3 Å². The maximum absolute atomic E-state index is 12.9. The minimum absolute atomic E-state index is 0.0924. The first-order valence-corrected chi connectivity index (χ1v) is 9.70. The fourth-order valence-electron chi connectivity index (χ4n) is 3.35. The van der Waals surface area contributed by atoms with E-state index >= 15 is 0 Å². The Kier molecular flexibility index (Phi) is 5.70. The highest BCUT2D eigenvalue weighted by Crippen LogP contribution is 2.32. The fourth-order valence-corrected chi connectivity index (χ4v) is 3.35. The van der Waals surface area contributed by atoms with Crippen molar-refractivity contribution in [1.29, 1.82) is 0 Å². The van der Waals surface area contributed by atoms with Crippen LogP contribution in [0.15, 0.2) is 60.8 Å². The van der Waals surface area contributed by atoms with Crippen molar-refractivity contribution >= 4 is 29.0 Å². The largest absolute Gasteiger partial charge is 0.497 e. The van der Waals surface area contributed by atoms with Crippen LogP contribution < -0.4 is 25.0 Å². The number of anilines is 3. The van der Waals surface area contributed by atoms with Gasteiger partial charge in [-0.25, -0.2) is 4.98 Å². The van der Waals surface area contributed by atoms with Gasteiger partial charge in [0.25, 0.3) is 5.91 Å². The number of carbonyl (C=O) groups excluding carboxylic acids is 2. The molecule has 8 heteroatoms. The van der Waals surface area contributed by atoms with Gasteiger partial charge in [-0.2, -0.15) is 0 Å². The second-order valence-electron chi connectivity index (χ2n) is 6.93. The van der Waals surface area contributed by atoms with Gasteiger partial charge < -0.3 is 25.0 Å². The Hall–Kier alpha value is -4.07. The molecule has 0 radical (unpaired) electrons. The Morgan fingerprint density at radius 1 is 1.13 bits per heavy atom. The van der Waals surface area contributed by atoms with Crippen molar-refractivity contribution in [2.24, 2.45) is 0 Å². The van der Waals surface area contributed by atoms with Gasteiger partial charge in [-0.05, 0) is 23.8 Å². The van der Waals surface area contributed by atoms with Crippen LogP contribution in [-0.4, -0.2) is 37.6 Å².